The van der Waals surface area contributed by atoms with E-state index in [1.165, 1.54) is 6.07 Å². The number of aryl methyl sites for hydroxylation is 1. The lowest BCUT2D eigenvalue weighted by molar-refractivity contribution is 0.0694. The highest BCUT2D eigenvalue weighted by Crippen LogP contribution is 2.30. The Labute approximate surface area is 84.1 Å². The van der Waals surface area contributed by atoms with Gasteiger partial charge in [-0.25, -0.2) is 4.79 Å². The summed E-state index contributed by atoms with van der Waals surface area (Å²) in [6.45, 7) is 3.30. The lowest BCUT2D eigenvalue weighted by Gasteiger charge is -2.08. The minimum atomic E-state index is -1.04. The van der Waals surface area contributed by atoms with E-state index >= 15 is 0 Å². The summed E-state index contributed by atoms with van der Waals surface area (Å²) >= 11 is 3.17. The molecule has 0 atom stereocenters. The van der Waals surface area contributed by atoms with E-state index in [2.05, 4.69) is 15.9 Å². The van der Waals surface area contributed by atoms with Crippen LogP contribution < -0.4 is 0 Å². The van der Waals surface area contributed by atoms with E-state index in [4.69, 9.17) is 5.11 Å². The Kier molecular flexibility index (Phi) is 2.61. The van der Waals surface area contributed by atoms with Crippen LogP contribution in [0.5, 0.6) is 5.75 Å². The Morgan fingerprint density at radius 1 is 1.46 bits per heavy atom. The van der Waals surface area contributed by atoms with Gasteiger partial charge in [0.15, 0.2) is 0 Å². The number of carboxylic acids is 1. The van der Waals surface area contributed by atoms with Crippen molar-refractivity contribution in [3.63, 3.8) is 0 Å². The number of phenols is 1. The first-order chi connectivity index (χ1) is 5.95. The Hall–Kier alpha value is -1.03. The Bertz CT molecular complexity index is 345. The van der Waals surface area contributed by atoms with Gasteiger partial charge in [-0.1, -0.05) is 0 Å². The normalized spacial score (nSPS) is 10.1. The third-order valence-corrected chi connectivity index (χ3v) is 2.91. The van der Waals surface area contributed by atoms with Crippen molar-refractivity contribution >= 4 is 21.9 Å². The van der Waals surface area contributed by atoms with Gasteiger partial charge < -0.3 is 10.2 Å². The molecule has 70 valence electrons. The highest BCUT2D eigenvalue weighted by molar-refractivity contribution is 9.10. The van der Waals surface area contributed by atoms with E-state index in [0.717, 1.165) is 0 Å². The smallest absolute Gasteiger partial charge is 0.337 e. The van der Waals surface area contributed by atoms with E-state index in [0.29, 0.717) is 15.6 Å². The molecule has 1 rings (SSSR count). The minimum Gasteiger partial charge on any atom is -0.508 e. The molecule has 0 unspecified atom stereocenters. The zero-order valence-corrected chi connectivity index (χ0v) is 8.84. The fourth-order valence-electron chi connectivity index (χ4n) is 1.12. The number of hydrogen-bond donors (Lipinski definition) is 2. The largest absolute Gasteiger partial charge is 0.508 e. The van der Waals surface area contributed by atoms with Gasteiger partial charge in [0.05, 0.1) is 5.56 Å². The van der Waals surface area contributed by atoms with Crippen LogP contribution in [0.3, 0.4) is 0 Å². The highest BCUT2D eigenvalue weighted by Gasteiger charge is 2.16. The third-order valence-electron chi connectivity index (χ3n) is 1.89. The zero-order valence-electron chi connectivity index (χ0n) is 7.26. The molecule has 0 radical (unpaired) electrons. The van der Waals surface area contributed by atoms with Crippen LogP contribution in [0.1, 0.15) is 21.5 Å². The van der Waals surface area contributed by atoms with Gasteiger partial charge in [0.2, 0.25) is 0 Å². The molecule has 0 bridgehead atoms. The van der Waals surface area contributed by atoms with E-state index in [1.54, 1.807) is 13.8 Å². The van der Waals surface area contributed by atoms with Crippen LogP contribution in [0.25, 0.3) is 0 Å². The molecular formula is C9H9BrO3. The van der Waals surface area contributed by atoms with Gasteiger partial charge in [0, 0.05) is 10.0 Å². The molecule has 13 heavy (non-hydrogen) atoms. The molecule has 0 aliphatic carbocycles. The topological polar surface area (TPSA) is 57.5 Å². The van der Waals surface area contributed by atoms with Crippen molar-refractivity contribution in [3.05, 3.63) is 27.2 Å². The average molecular weight is 245 g/mol. The summed E-state index contributed by atoms with van der Waals surface area (Å²) in [6.07, 6.45) is 0. The van der Waals surface area contributed by atoms with Crippen molar-refractivity contribution in [3.8, 4) is 5.75 Å². The van der Waals surface area contributed by atoms with Gasteiger partial charge >= 0.3 is 5.97 Å². The molecule has 1 aromatic carbocycles. The first-order valence-electron chi connectivity index (χ1n) is 3.67. The van der Waals surface area contributed by atoms with Crippen LogP contribution in [0, 0.1) is 13.8 Å². The van der Waals surface area contributed by atoms with Gasteiger partial charge in [-0.2, -0.15) is 0 Å². The zero-order chi connectivity index (χ0) is 10.2. The van der Waals surface area contributed by atoms with Gasteiger partial charge in [0.25, 0.3) is 0 Å². The number of benzene rings is 1. The maximum Gasteiger partial charge on any atom is 0.337 e. The predicted octanol–water partition coefficient (Wildman–Crippen LogP) is 2.47. The molecule has 0 aliphatic heterocycles. The van der Waals surface area contributed by atoms with Gasteiger partial charge in [0.1, 0.15) is 5.75 Å². The lowest BCUT2D eigenvalue weighted by Crippen LogP contribution is -2.02. The van der Waals surface area contributed by atoms with E-state index < -0.39 is 5.97 Å². The molecule has 1 aromatic rings. The maximum absolute atomic E-state index is 10.8. The third kappa shape index (κ3) is 1.67. The van der Waals surface area contributed by atoms with E-state index in [1.807, 2.05) is 0 Å². The summed E-state index contributed by atoms with van der Waals surface area (Å²) in [5.41, 5.74) is 1.21. The number of hydrogen-bond acceptors (Lipinski definition) is 2. The van der Waals surface area contributed by atoms with Crippen molar-refractivity contribution in [2.24, 2.45) is 0 Å². The van der Waals surface area contributed by atoms with Crippen molar-refractivity contribution in [1.82, 2.24) is 0 Å². The van der Waals surface area contributed by atoms with Crippen LogP contribution >= 0.6 is 15.9 Å². The standard InChI is InChI=1S/C9H9BrO3/c1-4-3-6(11)5(2)7(8(4)10)9(12)13/h3,11H,1-2H3,(H,12,13). The van der Waals surface area contributed by atoms with Crippen LogP contribution in [0.2, 0.25) is 0 Å². The fraction of sp³-hybridized carbons (Fsp3) is 0.222. The number of rotatable bonds is 1. The van der Waals surface area contributed by atoms with Gasteiger partial charge in [-0.05, 0) is 41.4 Å². The molecule has 4 heteroatoms. The second-order valence-electron chi connectivity index (χ2n) is 2.83. The van der Waals surface area contributed by atoms with Crippen molar-refractivity contribution < 1.29 is 15.0 Å². The average Bonchev–Trinajstić information content (AvgIpc) is 2.01. The number of halogens is 1. The quantitative estimate of drug-likeness (QED) is 0.798. The molecule has 0 fully saturated rings. The number of aromatic carboxylic acids is 1. The summed E-state index contributed by atoms with van der Waals surface area (Å²) in [5, 5.41) is 18.2. The monoisotopic (exact) mass is 244 g/mol. The molecular weight excluding hydrogens is 236 g/mol. The maximum atomic E-state index is 10.8. The number of aromatic hydroxyl groups is 1. The second-order valence-corrected chi connectivity index (χ2v) is 3.62. The molecule has 2 N–H and O–H groups in total. The fourth-order valence-corrected chi connectivity index (χ4v) is 1.70. The van der Waals surface area contributed by atoms with Crippen LogP contribution in [-0.2, 0) is 0 Å². The molecule has 3 nitrogen and oxygen atoms in total. The SMILES string of the molecule is Cc1cc(O)c(C)c(C(=O)O)c1Br. The van der Waals surface area contributed by atoms with E-state index in [9.17, 15) is 9.90 Å². The van der Waals surface area contributed by atoms with Crippen LogP contribution in [0.15, 0.2) is 10.5 Å². The van der Waals surface area contributed by atoms with E-state index in [-0.39, 0.29) is 11.3 Å². The minimum absolute atomic E-state index is 0.0121. The molecule has 0 spiro atoms. The summed E-state index contributed by atoms with van der Waals surface area (Å²) in [5.74, 6) is -1.03. The molecule has 0 amide bonds. The Morgan fingerprint density at radius 2 is 2.00 bits per heavy atom. The first kappa shape index (κ1) is 10.1. The van der Waals surface area contributed by atoms with Crippen molar-refractivity contribution in [2.45, 2.75) is 13.8 Å². The number of phenolic OH excluding ortho intramolecular Hbond substituents is 1. The second kappa shape index (κ2) is 3.38. The summed E-state index contributed by atoms with van der Waals surface area (Å²) in [7, 11) is 0. The molecule has 0 heterocycles. The summed E-state index contributed by atoms with van der Waals surface area (Å²) in [4.78, 5) is 10.8. The van der Waals surface area contributed by atoms with Crippen LogP contribution in [-0.4, -0.2) is 16.2 Å². The van der Waals surface area contributed by atoms with Crippen molar-refractivity contribution in [1.29, 1.82) is 0 Å². The van der Waals surface area contributed by atoms with Gasteiger partial charge in [-0.3, -0.25) is 0 Å². The highest BCUT2D eigenvalue weighted by atomic mass is 79.9. The molecule has 0 saturated heterocycles. The summed E-state index contributed by atoms with van der Waals surface area (Å²) < 4.78 is 0.523. The molecule has 0 saturated carbocycles. The Morgan fingerprint density at radius 3 is 2.46 bits per heavy atom. The lowest BCUT2D eigenvalue weighted by atomic mass is 10.0. The number of carbonyl (C=O) groups is 1. The molecule has 0 aliphatic rings. The predicted molar refractivity (Wildman–Crippen MR) is 52.2 cm³/mol. The van der Waals surface area contributed by atoms with Crippen molar-refractivity contribution in [2.75, 3.05) is 0 Å². The Balaban J connectivity index is 3.56. The number of carboxylic acid groups (broad SMARTS) is 1. The first-order valence-corrected chi connectivity index (χ1v) is 4.46. The van der Waals surface area contributed by atoms with Gasteiger partial charge in [-0.15, -0.1) is 0 Å². The summed E-state index contributed by atoms with van der Waals surface area (Å²) in [6, 6.07) is 1.53. The van der Waals surface area contributed by atoms with Crippen LogP contribution in [0.4, 0.5) is 0 Å². The molecule has 0 aromatic heterocycles.